The fraction of sp³-hybridized carbons (Fsp3) is 0.462. The van der Waals surface area contributed by atoms with Crippen molar-refractivity contribution in [3.63, 3.8) is 0 Å². The number of carbonyl (C=O) groups excluding carboxylic acids is 1. The Balaban J connectivity index is 2.09. The average molecular weight is 415 g/mol. The van der Waals surface area contributed by atoms with E-state index in [2.05, 4.69) is 0 Å². The molecule has 8 heteroatoms. The largest absolute Gasteiger partial charge is 0.483 e. The fourth-order valence-electron chi connectivity index (χ4n) is 2.01. The van der Waals surface area contributed by atoms with Gasteiger partial charge < -0.3 is 14.7 Å². The molecule has 1 aliphatic heterocycles. The van der Waals surface area contributed by atoms with Crippen LogP contribution < -0.4 is 4.74 Å². The van der Waals surface area contributed by atoms with E-state index in [1.54, 1.807) is 6.92 Å². The van der Waals surface area contributed by atoms with E-state index in [4.69, 9.17) is 4.74 Å². The number of ether oxygens (including phenoxy) is 1. The number of aliphatic hydroxyl groups is 1. The minimum Gasteiger partial charge on any atom is -0.483 e. The van der Waals surface area contributed by atoms with Crippen LogP contribution in [0.25, 0.3) is 0 Å². The van der Waals surface area contributed by atoms with E-state index in [9.17, 15) is 23.1 Å². The molecule has 0 aliphatic carbocycles. The van der Waals surface area contributed by atoms with Crippen LogP contribution in [0.3, 0.4) is 0 Å². The van der Waals surface area contributed by atoms with Crippen molar-refractivity contribution >= 4 is 28.5 Å². The molecule has 1 aliphatic rings. The molecule has 0 bridgehead atoms. The monoisotopic (exact) mass is 415 g/mol. The van der Waals surface area contributed by atoms with Gasteiger partial charge in [0.05, 0.1) is 22.3 Å². The van der Waals surface area contributed by atoms with Gasteiger partial charge in [-0.3, -0.25) is 4.79 Å². The highest BCUT2D eigenvalue weighted by molar-refractivity contribution is 14.1. The van der Waals surface area contributed by atoms with Crippen LogP contribution in [0.4, 0.5) is 13.2 Å². The topological polar surface area (TPSA) is 49.8 Å². The van der Waals surface area contributed by atoms with Gasteiger partial charge in [0.15, 0.2) is 6.61 Å². The molecule has 0 saturated carbocycles. The molecule has 0 aromatic heterocycles. The van der Waals surface area contributed by atoms with Crippen LogP contribution in [0.5, 0.6) is 5.75 Å². The van der Waals surface area contributed by atoms with Gasteiger partial charge in [-0.1, -0.05) is 0 Å². The summed E-state index contributed by atoms with van der Waals surface area (Å²) >= 11 is 1.84. The zero-order valence-electron chi connectivity index (χ0n) is 11.1. The van der Waals surface area contributed by atoms with Gasteiger partial charge in [-0.25, -0.2) is 0 Å². The van der Waals surface area contributed by atoms with Crippen molar-refractivity contribution < 1.29 is 27.8 Å². The van der Waals surface area contributed by atoms with E-state index in [-0.39, 0.29) is 30.3 Å². The van der Waals surface area contributed by atoms with E-state index < -0.39 is 18.4 Å². The maximum absolute atomic E-state index is 12.2. The van der Waals surface area contributed by atoms with Crippen molar-refractivity contribution in [2.24, 2.45) is 0 Å². The molecule has 2 rings (SSSR count). The summed E-state index contributed by atoms with van der Waals surface area (Å²) in [5, 5.41) is 9.61. The third kappa shape index (κ3) is 4.22. The van der Waals surface area contributed by atoms with Gasteiger partial charge in [0.1, 0.15) is 5.75 Å². The lowest BCUT2D eigenvalue weighted by atomic mass is 9.96. The third-order valence-corrected chi connectivity index (χ3v) is 3.81. The predicted molar refractivity (Wildman–Crippen MR) is 77.2 cm³/mol. The SMILES string of the molecule is CC1(O)CN(C(=O)c2ccc(I)c(OCC(F)(F)F)c2)C1. The Labute approximate surface area is 133 Å². The second-order valence-corrected chi connectivity index (χ2v) is 6.37. The molecular formula is C13H13F3INO3. The molecule has 0 unspecified atom stereocenters. The first-order chi connectivity index (χ1) is 9.57. The third-order valence-electron chi connectivity index (χ3n) is 2.92. The van der Waals surface area contributed by atoms with E-state index in [1.165, 1.54) is 23.1 Å². The Morgan fingerprint density at radius 1 is 1.48 bits per heavy atom. The number of amides is 1. The second kappa shape index (κ2) is 5.64. The summed E-state index contributed by atoms with van der Waals surface area (Å²) < 4.78 is 41.7. The van der Waals surface area contributed by atoms with Crippen molar-refractivity contribution in [2.45, 2.75) is 18.7 Å². The number of alkyl halides is 3. The van der Waals surface area contributed by atoms with E-state index in [1.807, 2.05) is 22.6 Å². The van der Waals surface area contributed by atoms with Gasteiger partial charge in [-0.15, -0.1) is 0 Å². The molecule has 1 N–H and O–H groups in total. The molecule has 1 aromatic rings. The molecule has 116 valence electrons. The van der Waals surface area contributed by atoms with Gasteiger partial charge in [0.25, 0.3) is 5.91 Å². The van der Waals surface area contributed by atoms with Crippen molar-refractivity contribution in [2.75, 3.05) is 19.7 Å². The lowest BCUT2D eigenvalue weighted by molar-refractivity contribution is -0.153. The Hall–Kier alpha value is -1.03. The smallest absolute Gasteiger partial charge is 0.422 e. The van der Waals surface area contributed by atoms with Crippen LogP contribution in [0.1, 0.15) is 17.3 Å². The maximum Gasteiger partial charge on any atom is 0.422 e. The molecule has 1 saturated heterocycles. The number of halogens is 4. The summed E-state index contributed by atoms with van der Waals surface area (Å²) in [6.45, 7) is 0.620. The molecule has 21 heavy (non-hydrogen) atoms. The number of likely N-dealkylation sites (tertiary alicyclic amines) is 1. The summed E-state index contributed by atoms with van der Waals surface area (Å²) in [5.74, 6) is -0.319. The van der Waals surface area contributed by atoms with Crippen LogP contribution >= 0.6 is 22.6 Å². The first-order valence-electron chi connectivity index (χ1n) is 6.08. The average Bonchev–Trinajstić information content (AvgIpc) is 2.33. The minimum absolute atomic E-state index is 0.0195. The lowest BCUT2D eigenvalue weighted by Gasteiger charge is -2.44. The summed E-state index contributed by atoms with van der Waals surface area (Å²) in [5.41, 5.74) is -0.655. The van der Waals surface area contributed by atoms with Gasteiger partial charge >= 0.3 is 6.18 Å². The molecule has 4 nitrogen and oxygen atoms in total. The number of carbonyl (C=O) groups is 1. The zero-order chi connectivity index (χ0) is 15.8. The number of hydrogen-bond donors (Lipinski definition) is 1. The van der Waals surface area contributed by atoms with Crippen molar-refractivity contribution in [3.8, 4) is 5.75 Å². The number of benzene rings is 1. The van der Waals surface area contributed by atoms with Crippen LogP contribution in [-0.2, 0) is 0 Å². The zero-order valence-corrected chi connectivity index (χ0v) is 13.2. The number of nitrogens with zero attached hydrogens (tertiary/aromatic N) is 1. The quantitative estimate of drug-likeness (QED) is 0.772. The van der Waals surface area contributed by atoms with Crippen molar-refractivity contribution in [3.05, 3.63) is 27.3 Å². The highest BCUT2D eigenvalue weighted by Gasteiger charge is 2.39. The second-order valence-electron chi connectivity index (χ2n) is 5.21. The summed E-state index contributed by atoms with van der Waals surface area (Å²) in [6, 6.07) is 4.35. The molecular weight excluding hydrogens is 402 g/mol. The molecule has 0 spiro atoms. The molecule has 1 heterocycles. The predicted octanol–water partition coefficient (Wildman–Crippen LogP) is 2.44. The first kappa shape index (κ1) is 16.3. The van der Waals surface area contributed by atoms with Gasteiger partial charge in [0, 0.05) is 5.56 Å². The van der Waals surface area contributed by atoms with E-state index in [0.29, 0.717) is 3.57 Å². The Kier molecular flexibility index (Phi) is 4.39. The summed E-state index contributed by atoms with van der Waals surface area (Å²) in [4.78, 5) is 13.5. The van der Waals surface area contributed by atoms with Crippen molar-refractivity contribution in [1.82, 2.24) is 4.90 Å². The van der Waals surface area contributed by atoms with Gasteiger partial charge in [-0.05, 0) is 47.7 Å². The Morgan fingerprint density at radius 3 is 2.62 bits per heavy atom. The Morgan fingerprint density at radius 2 is 2.10 bits per heavy atom. The lowest BCUT2D eigenvalue weighted by Crippen LogP contribution is -2.61. The normalized spacial score (nSPS) is 17.3. The summed E-state index contributed by atoms with van der Waals surface area (Å²) in [7, 11) is 0. The van der Waals surface area contributed by atoms with Crippen molar-refractivity contribution in [1.29, 1.82) is 0 Å². The van der Waals surface area contributed by atoms with Crippen LogP contribution in [0, 0.1) is 3.57 Å². The van der Waals surface area contributed by atoms with Crippen LogP contribution in [0.15, 0.2) is 18.2 Å². The number of hydrogen-bond acceptors (Lipinski definition) is 3. The van der Waals surface area contributed by atoms with Gasteiger partial charge in [-0.2, -0.15) is 13.2 Å². The Bertz CT molecular complexity index is 552. The number of β-amino-alcohol motifs (C(OH)–C–C–N with tert-alkyl or cyclic N) is 1. The molecule has 1 fully saturated rings. The minimum atomic E-state index is -4.43. The standard InChI is InChI=1S/C13H13F3INO3/c1-12(20)5-18(6-12)11(19)8-2-3-9(17)10(4-8)21-7-13(14,15)16/h2-4,20H,5-7H2,1H3. The molecule has 1 aromatic carbocycles. The molecule has 0 radical (unpaired) electrons. The van der Waals surface area contributed by atoms with Crippen LogP contribution in [-0.4, -0.2) is 47.4 Å². The summed E-state index contributed by atoms with van der Waals surface area (Å²) in [6.07, 6.45) is -4.43. The van der Waals surface area contributed by atoms with Gasteiger partial charge in [0.2, 0.25) is 0 Å². The first-order valence-corrected chi connectivity index (χ1v) is 7.16. The molecule has 0 atom stereocenters. The fourth-order valence-corrected chi connectivity index (χ4v) is 2.50. The highest BCUT2D eigenvalue weighted by Crippen LogP contribution is 2.27. The highest BCUT2D eigenvalue weighted by atomic mass is 127. The molecule has 1 amide bonds. The van der Waals surface area contributed by atoms with E-state index >= 15 is 0 Å². The van der Waals surface area contributed by atoms with E-state index in [0.717, 1.165) is 0 Å². The number of rotatable bonds is 3. The maximum atomic E-state index is 12.2. The van der Waals surface area contributed by atoms with Crippen LogP contribution in [0.2, 0.25) is 0 Å².